The number of aromatic nitrogens is 1. The van der Waals surface area contributed by atoms with E-state index in [9.17, 15) is 8.78 Å². The molecule has 1 aromatic heterocycles. The Bertz CT molecular complexity index is 1130. The molecule has 1 aliphatic carbocycles. The Balaban J connectivity index is 1.61. The second-order valence-electron chi connectivity index (χ2n) is 7.98. The second kappa shape index (κ2) is 10.2. The van der Waals surface area contributed by atoms with Gasteiger partial charge in [-0.15, -0.1) is 11.3 Å². The van der Waals surface area contributed by atoms with Crippen molar-refractivity contribution in [3.8, 4) is 17.0 Å². The number of alkyl halides is 2. The van der Waals surface area contributed by atoms with Gasteiger partial charge in [0.05, 0.1) is 11.4 Å². The maximum Gasteiger partial charge on any atom is 0.387 e. The monoisotopic (exact) mass is 455 g/mol. The molecular weight excluding hydrogens is 428 g/mol. The molecule has 0 atom stereocenters. The highest BCUT2D eigenvalue weighted by atomic mass is 32.1. The van der Waals surface area contributed by atoms with E-state index in [1.807, 2.05) is 12.3 Å². The van der Waals surface area contributed by atoms with E-state index >= 15 is 0 Å². The molecule has 168 valence electrons. The fourth-order valence-corrected chi connectivity index (χ4v) is 4.99. The van der Waals surface area contributed by atoms with Crippen LogP contribution < -0.4 is 9.54 Å². The molecule has 1 saturated carbocycles. The van der Waals surface area contributed by atoms with Crippen LogP contribution in [-0.2, 0) is 0 Å². The Morgan fingerprint density at radius 3 is 2.34 bits per heavy atom. The van der Waals surface area contributed by atoms with Crippen molar-refractivity contribution in [2.45, 2.75) is 51.6 Å². The maximum absolute atomic E-state index is 12.4. The van der Waals surface area contributed by atoms with Crippen molar-refractivity contribution in [2.24, 2.45) is 10.1 Å². The summed E-state index contributed by atoms with van der Waals surface area (Å²) in [5.74, 6) is 0.805. The third-order valence-electron chi connectivity index (χ3n) is 5.91. The van der Waals surface area contributed by atoms with Crippen molar-refractivity contribution >= 4 is 17.0 Å². The molecular formula is C25H27F2N3OS. The Morgan fingerprint density at radius 1 is 1.03 bits per heavy atom. The van der Waals surface area contributed by atoms with Crippen LogP contribution in [0.3, 0.4) is 0 Å². The fourth-order valence-electron chi connectivity index (χ4n) is 4.19. The van der Waals surface area contributed by atoms with Crippen molar-refractivity contribution in [3.63, 3.8) is 0 Å². The summed E-state index contributed by atoms with van der Waals surface area (Å²) in [5, 5.41) is 6.81. The number of benzene rings is 2. The highest BCUT2D eigenvalue weighted by Gasteiger charge is 2.15. The third-order valence-corrected chi connectivity index (χ3v) is 6.81. The van der Waals surface area contributed by atoms with E-state index in [2.05, 4.69) is 34.0 Å². The van der Waals surface area contributed by atoms with Crippen LogP contribution >= 0.6 is 11.3 Å². The molecule has 0 radical (unpaired) electrons. The molecule has 0 N–H and O–H groups in total. The molecule has 1 fully saturated rings. The van der Waals surface area contributed by atoms with Crippen LogP contribution in [0, 0.1) is 0 Å². The summed E-state index contributed by atoms with van der Waals surface area (Å²) in [6, 6.07) is 15.3. The Morgan fingerprint density at radius 2 is 1.72 bits per heavy atom. The molecule has 0 bridgehead atoms. The highest BCUT2D eigenvalue weighted by molar-refractivity contribution is 7.07. The van der Waals surface area contributed by atoms with Gasteiger partial charge in [0.15, 0.2) is 0 Å². The predicted molar refractivity (Wildman–Crippen MR) is 126 cm³/mol. The van der Waals surface area contributed by atoms with Gasteiger partial charge in [-0.3, -0.25) is 4.99 Å². The lowest BCUT2D eigenvalue weighted by Crippen LogP contribution is -2.14. The molecule has 1 aliphatic rings. The van der Waals surface area contributed by atoms with Crippen molar-refractivity contribution in [1.82, 2.24) is 4.68 Å². The first kappa shape index (κ1) is 22.4. The average molecular weight is 456 g/mol. The van der Waals surface area contributed by atoms with Gasteiger partial charge >= 0.3 is 6.61 Å². The zero-order valence-corrected chi connectivity index (χ0v) is 19.1. The number of nitrogens with zero attached hydrogens (tertiary/aromatic N) is 3. The maximum atomic E-state index is 12.4. The number of thiazole rings is 1. The molecule has 0 saturated heterocycles. The van der Waals surface area contributed by atoms with Gasteiger partial charge in [0, 0.05) is 18.0 Å². The molecule has 7 heteroatoms. The van der Waals surface area contributed by atoms with Gasteiger partial charge in [-0.25, -0.2) is 4.68 Å². The Labute approximate surface area is 190 Å². The quantitative estimate of drug-likeness (QED) is 0.383. The van der Waals surface area contributed by atoms with Crippen molar-refractivity contribution in [3.05, 3.63) is 69.8 Å². The fraction of sp³-hybridized carbons (Fsp3) is 0.360. The number of rotatable bonds is 6. The Hall–Kier alpha value is -2.80. The van der Waals surface area contributed by atoms with E-state index in [-0.39, 0.29) is 5.75 Å². The zero-order chi connectivity index (χ0) is 22.5. The van der Waals surface area contributed by atoms with Crippen LogP contribution in [0.5, 0.6) is 5.75 Å². The second-order valence-corrected chi connectivity index (χ2v) is 8.82. The van der Waals surface area contributed by atoms with Crippen LogP contribution in [0.2, 0.25) is 0 Å². The van der Waals surface area contributed by atoms with Gasteiger partial charge in [-0.1, -0.05) is 43.5 Å². The van der Waals surface area contributed by atoms with Gasteiger partial charge in [0.25, 0.3) is 0 Å². The first-order valence-corrected chi connectivity index (χ1v) is 11.8. The molecule has 32 heavy (non-hydrogen) atoms. The molecule has 1 heterocycles. The van der Waals surface area contributed by atoms with Gasteiger partial charge in [-0.05, 0) is 61.1 Å². The minimum absolute atomic E-state index is 0.128. The summed E-state index contributed by atoms with van der Waals surface area (Å²) in [5.41, 5.74) is 5.06. The number of hydrogen-bond acceptors (Lipinski definition) is 4. The summed E-state index contributed by atoms with van der Waals surface area (Å²) in [7, 11) is 1.73. The molecule has 0 aliphatic heterocycles. The summed E-state index contributed by atoms with van der Waals surface area (Å²) < 4.78 is 31.1. The standard InChI is InChI=1S/C25H27F2N3OS/c1-17(18-8-10-20(11-9-18)19-6-4-3-5-7-19)29-30-23(16-32-25(30)28-2)21-12-14-22(15-13-21)31-24(26)27/h8-16,19,24H,3-7H2,1-2H3/b28-25?,29-17+. The summed E-state index contributed by atoms with van der Waals surface area (Å²) >= 11 is 1.48. The molecule has 4 nitrogen and oxygen atoms in total. The van der Waals surface area contributed by atoms with Gasteiger partial charge in [-0.2, -0.15) is 13.9 Å². The SMILES string of the molecule is CN=c1scc(-c2ccc(OC(F)F)cc2)n1/N=C(\C)c1ccc(C2CCCCC2)cc1. The van der Waals surface area contributed by atoms with Crippen LogP contribution in [0.15, 0.2) is 64.0 Å². The minimum Gasteiger partial charge on any atom is -0.435 e. The van der Waals surface area contributed by atoms with E-state index in [4.69, 9.17) is 5.10 Å². The number of ether oxygens (including phenoxy) is 1. The topological polar surface area (TPSA) is 38.9 Å². The summed E-state index contributed by atoms with van der Waals surface area (Å²) in [6.07, 6.45) is 6.56. The molecule has 0 amide bonds. The van der Waals surface area contributed by atoms with E-state index in [1.54, 1.807) is 23.9 Å². The molecule has 2 aromatic carbocycles. The van der Waals surface area contributed by atoms with Crippen molar-refractivity contribution in [2.75, 3.05) is 7.05 Å². The van der Waals surface area contributed by atoms with Crippen LogP contribution in [0.25, 0.3) is 11.3 Å². The molecule has 3 aromatic rings. The normalized spacial score (nSPS) is 16.0. The lowest BCUT2D eigenvalue weighted by Gasteiger charge is -2.22. The van der Waals surface area contributed by atoms with Crippen LogP contribution in [-0.4, -0.2) is 24.0 Å². The summed E-state index contributed by atoms with van der Waals surface area (Å²) in [6.45, 7) is -0.850. The van der Waals surface area contributed by atoms with Gasteiger partial charge in [0.2, 0.25) is 4.80 Å². The minimum atomic E-state index is -2.84. The third kappa shape index (κ3) is 5.15. The molecule has 0 unspecified atom stereocenters. The van der Waals surface area contributed by atoms with Crippen molar-refractivity contribution < 1.29 is 13.5 Å². The van der Waals surface area contributed by atoms with Crippen LogP contribution in [0.4, 0.5) is 8.78 Å². The first-order valence-electron chi connectivity index (χ1n) is 10.9. The molecule has 0 spiro atoms. The number of hydrogen-bond donors (Lipinski definition) is 0. The van der Waals surface area contributed by atoms with E-state index in [0.29, 0.717) is 5.92 Å². The van der Waals surface area contributed by atoms with E-state index in [0.717, 1.165) is 27.3 Å². The number of halogens is 2. The smallest absolute Gasteiger partial charge is 0.387 e. The van der Waals surface area contributed by atoms with E-state index < -0.39 is 6.61 Å². The van der Waals surface area contributed by atoms with Gasteiger partial charge < -0.3 is 4.74 Å². The lowest BCUT2D eigenvalue weighted by molar-refractivity contribution is -0.0498. The molecule has 4 rings (SSSR count). The zero-order valence-electron chi connectivity index (χ0n) is 18.3. The highest BCUT2D eigenvalue weighted by Crippen LogP contribution is 2.32. The average Bonchev–Trinajstić information content (AvgIpc) is 3.22. The lowest BCUT2D eigenvalue weighted by atomic mass is 9.84. The van der Waals surface area contributed by atoms with Crippen molar-refractivity contribution in [1.29, 1.82) is 0 Å². The van der Waals surface area contributed by atoms with Crippen LogP contribution in [0.1, 0.15) is 56.1 Å². The first-order chi connectivity index (χ1) is 15.5. The van der Waals surface area contributed by atoms with E-state index in [1.165, 1.54) is 61.1 Å². The van der Waals surface area contributed by atoms with Gasteiger partial charge in [0.1, 0.15) is 5.75 Å². The predicted octanol–water partition coefficient (Wildman–Crippen LogP) is 6.67. The summed E-state index contributed by atoms with van der Waals surface area (Å²) in [4.78, 5) is 5.10. The Kier molecular flexibility index (Phi) is 7.15. The largest absolute Gasteiger partial charge is 0.435 e.